The molecule has 2 aromatic carbocycles. The van der Waals surface area contributed by atoms with Crippen LogP contribution >= 0.6 is 0 Å². The Morgan fingerprint density at radius 2 is 1.78 bits per heavy atom. The molecule has 1 spiro atoms. The van der Waals surface area contributed by atoms with Crippen molar-refractivity contribution in [3.63, 3.8) is 0 Å². The van der Waals surface area contributed by atoms with Crippen LogP contribution in [0.2, 0.25) is 0 Å². The summed E-state index contributed by atoms with van der Waals surface area (Å²) in [5.41, 5.74) is 6.35. The van der Waals surface area contributed by atoms with Crippen LogP contribution < -0.4 is 0 Å². The fourth-order valence-electron chi connectivity index (χ4n) is 4.61. The van der Waals surface area contributed by atoms with Crippen LogP contribution in [0.15, 0.2) is 59.9 Å². The molecule has 0 amide bonds. The zero-order valence-corrected chi connectivity index (χ0v) is 20.9. The summed E-state index contributed by atoms with van der Waals surface area (Å²) >= 11 is 0. The van der Waals surface area contributed by atoms with E-state index in [0.29, 0.717) is 0 Å². The maximum atomic E-state index is 9.51. The summed E-state index contributed by atoms with van der Waals surface area (Å²) in [4.78, 5) is 5.36. The van der Waals surface area contributed by atoms with E-state index in [2.05, 4.69) is 62.0 Å². The Bertz CT molecular complexity index is 1570. The average molecular weight is 477 g/mol. The van der Waals surface area contributed by atoms with Gasteiger partial charge in [-0.1, -0.05) is 30.0 Å². The normalized spacial score (nSPS) is 15.4. The average Bonchev–Trinajstić information content (AvgIpc) is 3.40. The molecule has 0 bridgehead atoms. The van der Waals surface area contributed by atoms with E-state index in [1.54, 1.807) is 0 Å². The molecule has 36 heavy (non-hydrogen) atoms. The standard InChI is InChI=1S/C29H28N6O/c1-19-32-33-27-29(13-14-29)31-26(21-7-5-20(6-8-21)11-12-28(2,3)18-36)24-15-22(9-10-25(24)35(19)27)23-16-30-34(4)17-23/h5-10,15-17,36H,13-14,18H2,1-4H3. The topological polar surface area (TPSA) is 81.1 Å². The summed E-state index contributed by atoms with van der Waals surface area (Å²) < 4.78 is 3.98. The first-order chi connectivity index (χ1) is 17.3. The lowest BCUT2D eigenvalue weighted by atomic mass is 9.94. The number of fused-ring (bicyclic) bond motifs is 4. The fourth-order valence-corrected chi connectivity index (χ4v) is 4.61. The lowest BCUT2D eigenvalue weighted by molar-refractivity contribution is 0.206. The molecular weight excluding hydrogens is 448 g/mol. The highest BCUT2D eigenvalue weighted by molar-refractivity contribution is 6.16. The maximum Gasteiger partial charge on any atom is 0.165 e. The van der Waals surface area contributed by atoms with Crippen LogP contribution in [0.4, 0.5) is 0 Å². The van der Waals surface area contributed by atoms with Gasteiger partial charge in [-0.3, -0.25) is 14.2 Å². The number of aromatic nitrogens is 5. The smallest absolute Gasteiger partial charge is 0.165 e. The van der Waals surface area contributed by atoms with E-state index in [4.69, 9.17) is 4.99 Å². The fraction of sp³-hybridized carbons (Fsp3) is 0.310. The quantitative estimate of drug-likeness (QED) is 0.450. The molecule has 180 valence electrons. The molecule has 0 atom stereocenters. The van der Waals surface area contributed by atoms with E-state index < -0.39 is 5.41 Å². The summed E-state index contributed by atoms with van der Waals surface area (Å²) in [5, 5.41) is 22.8. The zero-order chi connectivity index (χ0) is 25.1. The number of aliphatic imine (C=N–C) groups is 1. The number of hydrogen-bond acceptors (Lipinski definition) is 5. The van der Waals surface area contributed by atoms with Crippen molar-refractivity contribution in [2.75, 3.05) is 6.61 Å². The first kappa shape index (κ1) is 22.4. The highest BCUT2D eigenvalue weighted by atomic mass is 16.3. The van der Waals surface area contributed by atoms with Crippen LogP contribution in [0.1, 0.15) is 55.0 Å². The van der Waals surface area contributed by atoms with Crippen molar-refractivity contribution in [3.05, 3.63) is 83.2 Å². The van der Waals surface area contributed by atoms with Crippen LogP contribution in [0, 0.1) is 24.2 Å². The van der Waals surface area contributed by atoms with Crippen molar-refractivity contribution < 1.29 is 5.11 Å². The van der Waals surface area contributed by atoms with Gasteiger partial charge in [0, 0.05) is 40.9 Å². The zero-order valence-electron chi connectivity index (χ0n) is 20.9. The highest BCUT2D eigenvalue weighted by Crippen LogP contribution is 2.51. The van der Waals surface area contributed by atoms with Crippen molar-refractivity contribution in [2.24, 2.45) is 17.5 Å². The number of aliphatic hydroxyl groups is 1. The van der Waals surface area contributed by atoms with E-state index in [-0.39, 0.29) is 12.1 Å². The third-order valence-corrected chi connectivity index (χ3v) is 6.92. The maximum absolute atomic E-state index is 9.51. The predicted octanol–water partition coefficient (Wildman–Crippen LogP) is 4.19. The molecule has 1 aliphatic heterocycles. The van der Waals surface area contributed by atoms with Crippen LogP contribution in [-0.2, 0) is 12.6 Å². The molecule has 1 saturated carbocycles. The number of aryl methyl sites for hydroxylation is 2. The van der Waals surface area contributed by atoms with Crippen LogP contribution in [0.25, 0.3) is 16.8 Å². The third-order valence-electron chi connectivity index (χ3n) is 6.92. The van der Waals surface area contributed by atoms with Gasteiger partial charge < -0.3 is 5.11 Å². The lowest BCUT2D eigenvalue weighted by Crippen LogP contribution is -2.13. The van der Waals surface area contributed by atoms with Gasteiger partial charge in [0.25, 0.3) is 0 Å². The molecule has 0 saturated heterocycles. The van der Waals surface area contributed by atoms with E-state index in [9.17, 15) is 5.11 Å². The van der Waals surface area contributed by atoms with Crippen LogP contribution in [0.3, 0.4) is 0 Å². The SMILES string of the molecule is Cc1nnc2n1-c1ccc(-c3cnn(C)c3)cc1C(c1ccc(C#CC(C)(C)CO)cc1)=NC21CC1. The van der Waals surface area contributed by atoms with Gasteiger partial charge in [-0.05, 0) is 63.4 Å². The molecule has 2 aromatic heterocycles. The Hall–Kier alpha value is -4.02. The van der Waals surface area contributed by atoms with Gasteiger partial charge in [-0.25, -0.2) is 0 Å². The number of rotatable bonds is 3. The molecule has 3 heterocycles. The summed E-state index contributed by atoms with van der Waals surface area (Å²) in [6.45, 7) is 5.88. The van der Waals surface area contributed by atoms with E-state index in [0.717, 1.165) is 63.7 Å². The van der Waals surface area contributed by atoms with Gasteiger partial charge in [0.05, 0.1) is 24.2 Å². The molecule has 1 N–H and O–H groups in total. The highest BCUT2D eigenvalue weighted by Gasteiger charge is 2.51. The lowest BCUT2D eigenvalue weighted by Gasteiger charge is -2.14. The van der Waals surface area contributed by atoms with E-state index in [1.807, 2.05) is 57.0 Å². The summed E-state index contributed by atoms with van der Waals surface area (Å²) in [7, 11) is 1.93. The Morgan fingerprint density at radius 3 is 2.44 bits per heavy atom. The molecule has 4 aromatic rings. The monoisotopic (exact) mass is 476 g/mol. The molecule has 1 fully saturated rings. The Kier molecular flexibility index (Phi) is 4.99. The number of nitrogens with zero attached hydrogens (tertiary/aromatic N) is 6. The van der Waals surface area contributed by atoms with Gasteiger partial charge in [-0.2, -0.15) is 5.10 Å². The summed E-state index contributed by atoms with van der Waals surface area (Å²) in [5.74, 6) is 8.13. The number of aliphatic hydroxyl groups excluding tert-OH is 1. The van der Waals surface area contributed by atoms with Gasteiger partial charge in [-0.15, -0.1) is 10.2 Å². The number of benzene rings is 2. The van der Waals surface area contributed by atoms with Crippen LogP contribution in [0.5, 0.6) is 0 Å². The minimum absolute atomic E-state index is 0.0239. The van der Waals surface area contributed by atoms with Gasteiger partial charge >= 0.3 is 0 Å². The summed E-state index contributed by atoms with van der Waals surface area (Å²) in [6.07, 6.45) is 5.82. The Balaban J connectivity index is 1.51. The van der Waals surface area contributed by atoms with Gasteiger partial charge in [0.2, 0.25) is 0 Å². The minimum Gasteiger partial charge on any atom is -0.395 e. The first-order valence-electron chi connectivity index (χ1n) is 12.2. The van der Waals surface area contributed by atoms with Crippen molar-refractivity contribution in [3.8, 4) is 28.7 Å². The Morgan fingerprint density at radius 1 is 1.03 bits per heavy atom. The molecule has 7 nitrogen and oxygen atoms in total. The molecule has 1 aliphatic carbocycles. The second-order valence-corrected chi connectivity index (χ2v) is 10.4. The number of hydrogen-bond donors (Lipinski definition) is 1. The van der Waals surface area contributed by atoms with Crippen molar-refractivity contribution >= 4 is 5.71 Å². The first-order valence-corrected chi connectivity index (χ1v) is 12.2. The van der Waals surface area contributed by atoms with Crippen molar-refractivity contribution in [1.82, 2.24) is 24.5 Å². The van der Waals surface area contributed by atoms with Gasteiger partial charge in [0.1, 0.15) is 11.4 Å². The molecule has 0 radical (unpaired) electrons. The van der Waals surface area contributed by atoms with Crippen LogP contribution in [-0.4, -0.2) is 42.0 Å². The second-order valence-electron chi connectivity index (χ2n) is 10.4. The molecule has 6 rings (SSSR count). The predicted molar refractivity (Wildman–Crippen MR) is 139 cm³/mol. The van der Waals surface area contributed by atoms with E-state index >= 15 is 0 Å². The minimum atomic E-state index is -0.434. The third kappa shape index (κ3) is 3.75. The summed E-state index contributed by atoms with van der Waals surface area (Å²) in [6, 6.07) is 14.7. The Labute approximate surface area is 210 Å². The van der Waals surface area contributed by atoms with Crippen molar-refractivity contribution in [2.45, 2.75) is 39.2 Å². The largest absolute Gasteiger partial charge is 0.395 e. The van der Waals surface area contributed by atoms with Gasteiger partial charge in [0.15, 0.2) is 5.82 Å². The molecular formula is C29H28N6O. The second kappa shape index (κ2) is 8.00. The molecule has 2 aliphatic rings. The van der Waals surface area contributed by atoms with E-state index in [1.165, 1.54) is 0 Å². The van der Waals surface area contributed by atoms with Crippen molar-refractivity contribution in [1.29, 1.82) is 0 Å². The molecule has 0 unspecified atom stereocenters. The molecule has 7 heteroatoms.